The lowest BCUT2D eigenvalue weighted by Crippen LogP contribution is -1.94. The van der Waals surface area contributed by atoms with Crippen LogP contribution in [0.4, 0.5) is 0 Å². The van der Waals surface area contributed by atoms with Gasteiger partial charge in [-0.05, 0) is 50.9 Å². The number of hydrogen-bond acceptors (Lipinski definition) is 1. The van der Waals surface area contributed by atoms with E-state index in [2.05, 4.69) is 50.3 Å². The van der Waals surface area contributed by atoms with Crippen LogP contribution in [-0.2, 0) is 4.79 Å². The molecule has 126 valence electrons. The first-order valence-electron chi connectivity index (χ1n) is 9.23. The van der Waals surface area contributed by atoms with Gasteiger partial charge in [-0.1, -0.05) is 69.6 Å². The fourth-order valence-electron chi connectivity index (χ4n) is 2.34. The average Bonchev–Trinajstić information content (AvgIpc) is 2.54. The van der Waals surface area contributed by atoms with Gasteiger partial charge in [0.25, 0.3) is 0 Å². The second kappa shape index (κ2) is 17.9. The third-order valence-corrected chi connectivity index (χ3v) is 3.96. The maximum atomic E-state index is 10.2. The number of allylic oxidation sites excluding steroid dienone is 6. The Morgan fingerprint density at radius 3 is 2.05 bits per heavy atom. The van der Waals surface area contributed by atoms with Gasteiger partial charge in [-0.15, -0.1) is 0 Å². The van der Waals surface area contributed by atoms with Crippen LogP contribution in [0.25, 0.3) is 0 Å². The highest BCUT2D eigenvalue weighted by atomic mass is 16.1. The van der Waals surface area contributed by atoms with Crippen LogP contribution in [0.2, 0.25) is 0 Å². The second-order valence-corrected chi connectivity index (χ2v) is 5.99. The lowest BCUT2D eigenvalue weighted by molar-refractivity contribution is -0.107. The topological polar surface area (TPSA) is 17.1 Å². The molecular weight excluding hydrogens is 268 g/mol. The normalized spacial score (nSPS) is 13.5. The standard InChI is InChI=1S/C21H36O/c1-3-5-6-7-12-15-18-21(4-2)19-16-13-10-8-9-11-14-17-20-22/h8-9,12-13,15-16,20-21H,3-7,10-11,14,17-19H2,1-2H3. The van der Waals surface area contributed by atoms with Gasteiger partial charge in [0.15, 0.2) is 0 Å². The molecule has 0 radical (unpaired) electrons. The van der Waals surface area contributed by atoms with Crippen molar-refractivity contribution < 1.29 is 4.79 Å². The first kappa shape index (κ1) is 20.9. The van der Waals surface area contributed by atoms with Crippen LogP contribution in [0.1, 0.15) is 84.5 Å². The van der Waals surface area contributed by atoms with E-state index in [1.165, 1.54) is 44.9 Å². The van der Waals surface area contributed by atoms with Crippen LogP contribution in [0.5, 0.6) is 0 Å². The lowest BCUT2D eigenvalue weighted by Gasteiger charge is -2.08. The highest BCUT2D eigenvalue weighted by Gasteiger charge is 2.00. The number of rotatable bonds is 15. The summed E-state index contributed by atoms with van der Waals surface area (Å²) >= 11 is 0. The molecule has 0 aliphatic rings. The molecule has 0 saturated heterocycles. The average molecular weight is 305 g/mol. The van der Waals surface area contributed by atoms with Gasteiger partial charge in [-0.3, -0.25) is 0 Å². The quantitative estimate of drug-likeness (QED) is 0.185. The summed E-state index contributed by atoms with van der Waals surface area (Å²) in [6, 6.07) is 0. The molecule has 1 unspecified atom stereocenters. The van der Waals surface area contributed by atoms with Crippen molar-refractivity contribution in [2.75, 3.05) is 0 Å². The van der Waals surface area contributed by atoms with E-state index in [9.17, 15) is 4.79 Å². The molecule has 0 saturated carbocycles. The smallest absolute Gasteiger partial charge is 0.120 e. The van der Waals surface area contributed by atoms with Gasteiger partial charge in [0, 0.05) is 6.42 Å². The van der Waals surface area contributed by atoms with Gasteiger partial charge >= 0.3 is 0 Å². The Balaban J connectivity index is 3.66. The molecule has 0 aromatic heterocycles. The van der Waals surface area contributed by atoms with Crippen LogP contribution in [0, 0.1) is 5.92 Å². The Kier molecular flexibility index (Phi) is 17.0. The minimum Gasteiger partial charge on any atom is -0.303 e. The van der Waals surface area contributed by atoms with Crippen molar-refractivity contribution in [2.24, 2.45) is 5.92 Å². The van der Waals surface area contributed by atoms with Crippen molar-refractivity contribution in [2.45, 2.75) is 84.5 Å². The summed E-state index contributed by atoms with van der Waals surface area (Å²) in [6.45, 7) is 4.54. The van der Waals surface area contributed by atoms with E-state index < -0.39 is 0 Å². The Labute approximate surface area is 138 Å². The Morgan fingerprint density at radius 1 is 0.727 bits per heavy atom. The molecule has 0 heterocycles. The van der Waals surface area contributed by atoms with Gasteiger partial charge in [0.2, 0.25) is 0 Å². The molecule has 0 N–H and O–H groups in total. The summed E-state index contributed by atoms with van der Waals surface area (Å²) in [5.74, 6) is 0.787. The molecule has 0 spiro atoms. The summed E-state index contributed by atoms with van der Waals surface area (Å²) in [4.78, 5) is 10.2. The maximum Gasteiger partial charge on any atom is 0.120 e. The molecule has 1 nitrogen and oxygen atoms in total. The largest absolute Gasteiger partial charge is 0.303 e. The summed E-state index contributed by atoms with van der Waals surface area (Å²) < 4.78 is 0. The fourth-order valence-corrected chi connectivity index (χ4v) is 2.34. The van der Waals surface area contributed by atoms with E-state index in [1.807, 2.05) is 0 Å². The SMILES string of the molecule is CCCCCC=CCC(CC)CC=CCC=CCCCC=O. The highest BCUT2D eigenvalue weighted by molar-refractivity contribution is 5.48. The van der Waals surface area contributed by atoms with Crippen molar-refractivity contribution in [1.82, 2.24) is 0 Å². The first-order valence-corrected chi connectivity index (χ1v) is 9.23. The zero-order valence-corrected chi connectivity index (χ0v) is 14.8. The zero-order chi connectivity index (χ0) is 16.3. The lowest BCUT2D eigenvalue weighted by atomic mass is 9.97. The highest BCUT2D eigenvalue weighted by Crippen LogP contribution is 2.15. The van der Waals surface area contributed by atoms with Crippen molar-refractivity contribution in [3.05, 3.63) is 36.5 Å². The zero-order valence-electron chi connectivity index (χ0n) is 14.8. The Hall–Kier alpha value is -1.11. The van der Waals surface area contributed by atoms with E-state index in [-0.39, 0.29) is 0 Å². The van der Waals surface area contributed by atoms with Gasteiger partial charge < -0.3 is 4.79 Å². The molecule has 0 aliphatic carbocycles. The molecule has 0 aliphatic heterocycles. The van der Waals surface area contributed by atoms with E-state index >= 15 is 0 Å². The number of carbonyl (C=O) groups excluding carboxylic acids is 1. The van der Waals surface area contributed by atoms with Gasteiger partial charge in [0.05, 0.1) is 0 Å². The second-order valence-electron chi connectivity index (χ2n) is 5.99. The predicted octanol–water partition coefficient (Wildman–Crippen LogP) is 6.80. The number of unbranched alkanes of at least 4 members (excludes halogenated alkanes) is 5. The molecule has 1 heteroatoms. The van der Waals surface area contributed by atoms with Crippen molar-refractivity contribution >= 4 is 6.29 Å². The van der Waals surface area contributed by atoms with Crippen molar-refractivity contribution in [3.63, 3.8) is 0 Å². The summed E-state index contributed by atoms with van der Waals surface area (Å²) in [7, 11) is 0. The number of hydrogen-bond donors (Lipinski definition) is 0. The van der Waals surface area contributed by atoms with E-state index in [1.54, 1.807) is 0 Å². The molecule has 0 fully saturated rings. The molecule has 0 amide bonds. The Bertz CT molecular complexity index is 312. The van der Waals surface area contributed by atoms with E-state index in [0.29, 0.717) is 6.42 Å². The fraction of sp³-hybridized carbons (Fsp3) is 0.667. The van der Waals surface area contributed by atoms with Crippen LogP contribution in [0.15, 0.2) is 36.5 Å². The van der Waals surface area contributed by atoms with E-state index in [4.69, 9.17) is 0 Å². The maximum absolute atomic E-state index is 10.2. The minimum absolute atomic E-state index is 0.685. The number of aldehydes is 1. The molecule has 1 atom stereocenters. The number of carbonyl (C=O) groups is 1. The molecule has 0 bridgehead atoms. The van der Waals surface area contributed by atoms with Crippen LogP contribution < -0.4 is 0 Å². The first-order chi connectivity index (χ1) is 10.8. The van der Waals surface area contributed by atoms with Gasteiger partial charge in [0.1, 0.15) is 6.29 Å². The van der Waals surface area contributed by atoms with Crippen LogP contribution in [0.3, 0.4) is 0 Å². The van der Waals surface area contributed by atoms with E-state index in [0.717, 1.165) is 31.5 Å². The summed E-state index contributed by atoms with van der Waals surface area (Å²) in [5.41, 5.74) is 0. The predicted molar refractivity (Wildman–Crippen MR) is 99.1 cm³/mol. The van der Waals surface area contributed by atoms with Crippen LogP contribution >= 0.6 is 0 Å². The summed E-state index contributed by atoms with van der Waals surface area (Å²) in [5, 5.41) is 0. The molecule has 0 aromatic carbocycles. The van der Waals surface area contributed by atoms with Crippen molar-refractivity contribution in [3.8, 4) is 0 Å². The molecule has 22 heavy (non-hydrogen) atoms. The summed E-state index contributed by atoms with van der Waals surface area (Å²) in [6.07, 6.45) is 27.3. The molecular formula is C21H36O. The van der Waals surface area contributed by atoms with Gasteiger partial charge in [-0.2, -0.15) is 0 Å². The van der Waals surface area contributed by atoms with Crippen LogP contribution in [-0.4, -0.2) is 6.29 Å². The minimum atomic E-state index is 0.685. The third-order valence-electron chi connectivity index (χ3n) is 3.96. The molecule has 0 aromatic rings. The Morgan fingerprint density at radius 2 is 1.36 bits per heavy atom. The monoisotopic (exact) mass is 304 g/mol. The van der Waals surface area contributed by atoms with Gasteiger partial charge in [-0.25, -0.2) is 0 Å². The molecule has 0 rings (SSSR count). The third kappa shape index (κ3) is 15.3. The van der Waals surface area contributed by atoms with Crippen molar-refractivity contribution in [1.29, 1.82) is 0 Å².